The molecule has 0 unspecified atom stereocenters. The van der Waals surface area contributed by atoms with Crippen LogP contribution in [0.3, 0.4) is 0 Å². The zero-order chi connectivity index (χ0) is 12.8. The Kier molecular flexibility index (Phi) is 4.22. The van der Waals surface area contributed by atoms with Crippen LogP contribution in [0, 0.1) is 6.92 Å². The molecule has 0 aliphatic carbocycles. The maximum atomic E-state index is 8.65. The molecule has 0 spiro atoms. The van der Waals surface area contributed by atoms with E-state index in [-0.39, 0.29) is 11.5 Å². The molecule has 2 rings (SSSR count). The lowest BCUT2D eigenvalue weighted by molar-refractivity contribution is 0.460. The van der Waals surface area contributed by atoms with E-state index >= 15 is 0 Å². The van der Waals surface area contributed by atoms with Crippen molar-refractivity contribution >= 4 is 11.4 Å². The van der Waals surface area contributed by atoms with E-state index in [9.17, 15) is 0 Å². The summed E-state index contributed by atoms with van der Waals surface area (Å²) in [5.41, 5.74) is 13.5. The molecular weight excluding hydrogens is 216 g/mol. The van der Waals surface area contributed by atoms with Gasteiger partial charge >= 0.3 is 0 Å². The van der Waals surface area contributed by atoms with Crippen molar-refractivity contribution in [1.29, 1.82) is 0 Å². The average molecular weight is 232 g/mol. The topological polar surface area (TPSA) is 92.5 Å². The van der Waals surface area contributed by atoms with Gasteiger partial charge < -0.3 is 21.7 Å². The molecule has 4 nitrogen and oxygen atoms in total. The van der Waals surface area contributed by atoms with Gasteiger partial charge in [0, 0.05) is 11.4 Å². The highest BCUT2D eigenvalue weighted by Gasteiger charge is 1.90. The van der Waals surface area contributed by atoms with Gasteiger partial charge in [-0.1, -0.05) is 6.07 Å². The summed E-state index contributed by atoms with van der Waals surface area (Å²) in [7, 11) is 0. The van der Waals surface area contributed by atoms with E-state index in [1.165, 1.54) is 24.3 Å². The van der Waals surface area contributed by atoms with E-state index in [1.807, 2.05) is 19.1 Å². The van der Waals surface area contributed by atoms with Crippen molar-refractivity contribution in [2.24, 2.45) is 0 Å². The number of aromatic hydroxyl groups is 2. The van der Waals surface area contributed by atoms with Gasteiger partial charge in [0.2, 0.25) is 0 Å². The number of nitrogens with two attached hydrogens (primary N) is 2. The van der Waals surface area contributed by atoms with Crippen LogP contribution in [0.4, 0.5) is 11.4 Å². The summed E-state index contributed by atoms with van der Waals surface area (Å²) in [5.74, 6) is 0.339. The first-order chi connectivity index (χ1) is 7.99. The quantitative estimate of drug-likeness (QED) is 0.414. The zero-order valence-corrected chi connectivity index (χ0v) is 9.59. The fourth-order valence-electron chi connectivity index (χ4n) is 1.11. The van der Waals surface area contributed by atoms with Gasteiger partial charge in [-0.15, -0.1) is 0 Å². The van der Waals surface area contributed by atoms with Crippen LogP contribution < -0.4 is 11.5 Å². The maximum Gasteiger partial charge on any atom is 0.115 e. The number of phenols is 2. The molecule has 0 aliphatic rings. The largest absolute Gasteiger partial charge is 0.508 e. The molecule has 0 aliphatic heterocycles. The Morgan fingerprint density at radius 3 is 1.65 bits per heavy atom. The number of anilines is 2. The van der Waals surface area contributed by atoms with Gasteiger partial charge in [0.1, 0.15) is 11.5 Å². The molecule has 90 valence electrons. The molecule has 2 aromatic rings. The Balaban J connectivity index is 0.000000171. The Labute approximate surface area is 100 Å². The van der Waals surface area contributed by atoms with E-state index in [2.05, 4.69) is 0 Å². The normalized spacial score (nSPS) is 9.24. The summed E-state index contributed by atoms with van der Waals surface area (Å²) in [5, 5.41) is 17.3. The van der Waals surface area contributed by atoms with Crippen LogP contribution in [0.1, 0.15) is 5.56 Å². The molecule has 0 amide bonds. The Morgan fingerprint density at radius 1 is 0.824 bits per heavy atom. The number of hydrogen-bond donors (Lipinski definition) is 4. The van der Waals surface area contributed by atoms with Crippen LogP contribution in [0.2, 0.25) is 0 Å². The van der Waals surface area contributed by atoms with Crippen molar-refractivity contribution < 1.29 is 10.2 Å². The second kappa shape index (κ2) is 5.65. The molecule has 4 heteroatoms. The standard InChI is InChI=1S/C7H10N2.C6H6O2/c1-5-2-3-6(8)4-7(5)9;7-5-1-2-6(8)4-3-5/h2-4H,8-9H2,1H3;1-4,7-8H. The lowest BCUT2D eigenvalue weighted by atomic mass is 10.2. The van der Waals surface area contributed by atoms with Crippen molar-refractivity contribution in [3.05, 3.63) is 48.0 Å². The van der Waals surface area contributed by atoms with Crippen LogP contribution in [-0.2, 0) is 0 Å². The molecular formula is C13H16N2O2. The van der Waals surface area contributed by atoms with Crippen LogP contribution in [0.15, 0.2) is 42.5 Å². The molecule has 0 aromatic heterocycles. The van der Waals surface area contributed by atoms with Crippen LogP contribution in [0.5, 0.6) is 11.5 Å². The molecule has 0 saturated heterocycles. The number of hydrogen-bond acceptors (Lipinski definition) is 4. The Morgan fingerprint density at radius 2 is 1.29 bits per heavy atom. The molecule has 0 atom stereocenters. The highest BCUT2D eigenvalue weighted by molar-refractivity contribution is 5.55. The first-order valence-corrected chi connectivity index (χ1v) is 5.08. The van der Waals surface area contributed by atoms with Gasteiger partial charge in [-0.2, -0.15) is 0 Å². The number of benzene rings is 2. The molecule has 0 bridgehead atoms. The summed E-state index contributed by atoms with van der Waals surface area (Å²) >= 11 is 0. The van der Waals surface area contributed by atoms with Crippen LogP contribution >= 0.6 is 0 Å². The number of rotatable bonds is 0. The van der Waals surface area contributed by atoms with Gasteiger partial charge in [0.25, 0.3) is 0 Å². The molecule has 0 fully saturated rings. The first-order valence-electron chi connectivity index (χ1n) is 5.08. The fraction of sp³-hybridized carbons (Fsp3) is 0.0769. The zero-order valence-electron chi connectivity index (χ0n) is 9.59. The van der Waals surface area contributed by atoms with E-state index in [0.717, 1.165) is 16.9 Å². The Bertz CT molecular complexity index is 460. The van der Waals surface area contributed by atoms with E-state index in [4.69, 9.17) is 21.7 Å². The minimum Gasteiger partial charge on any atom is -0.508 e. The molecule has 0 saturated carbocycles. The highest BCUT2D eigenvalue weighted by atomic mass is 16.3. The third-order valence-electron chi connectivity index (χ3n) is 2.15. The minimum absolute atomic E-state index is 0.169. The predicted octanol–water partition coefficient (Wildman–Crippen LogP) is 2.26. The molecule has 2 aromatic carbocycles. The third kappa shape index (κ3) is 4.34. The van der Waals surface area contributed by atoms with Gasteiger partial charge in [-0.05, 0) is 48.9 Å². The van der Waals surface area contributed by atoms with E-state index < -0.39 is 0 Å². The second-order valence-corrected chi connectivity index (χ2v) is 3.63. The highest BCUT2D eigenvalue weighted by Crippen LogP contribution is 2.13. The van der Waals surface area contributed by atoms with Crippen molar-refractivity contribution in [2.45, 2.75) is 6.92 Å². The van der Waals surface area contributed by atoms with Gasteiger partial charge in [0.05, 0.1) is 0 Å². The van der Waals surface area contributed by atoms with E-state index in [1.54, 1.807) is 6.07 Å². The average Bonchev–Trinajstić information content (AvgIpc) is 2.29. The Hall–Kier alpha value is -2.36. The molecule has 0 radical (unpaired) electrons. The molecule has 0 heterocycles. The van der Waals surface area contributed by atoms with Crippen molar-refractivity contribution in [3.63, 3.8) is 0 Å². The maximum absolute atomic E-state index is 8.65. The monoisotopic (exact) mass is 232 g/mol. The SMILES string of the molecule is Cc1ccc(N)cc1N.Oc1ccc(O)cc1. The van der Waals surface area contributed by atoms with Gasteiger partial charge in [-0.25, -0.2) is 0 Å². The number of phenolic OH excluding ortho intramolecular Hbond substituents is 2. The van der Waals surface area contributed by atoms with Crippen LogP contribution in [-0.4, -0.2) is 10.2 Å². The summed E-state index contributed by atoms with van der Waals surface area (Å²) in [4.78, 5) is 0. The number of nitrogen functional groups attached to an aromatic ring is 2. The second-order valence-electron chi connectivity index (χ2n) is 3.63. The molecule has 6 N–H and O–H groups in total. The van der Waals surface area contributed by atoms with Crippen molar-refractivity contribution in [1.82, 2.24) is 0 Å². The predicted molar refractivity (Wildman–Crippen MR) is 69.8 cm³/mol. The van der Waals surface area contributed by atoms with Crippen molar-refractivity contribution in [2.75, 3.05) is 11.5 Å². The third-order valence-corrected chi connectivity index (χ3v) is 2.15. The van der Waals surface area contributed by atoms with E-state index in [0.29, 0.717) is 0 Å². The molecule has 17 heavy (non-hydrogen) atoms. The first kappa shape index (κ1) is 12.7. The summed E-state index contributed by atoms with van der Waals surface area (Å²) in [6, 6.07) is 11.2. The lowest BCUT2D eigenvalue weighted by Crippen LogP contribution is -1.91. The smallest absolute Gasteiger partial charge is 0.115 e. The number of aryl methyl sites for hydroxylation is 1. The van der Waals surface area contributed by atoms with Crippen molar-refractivity contribution in [3.8, 4) is 11.5 Å². The van der Waals surface area contributed by atoms with Gasteiger partial charge in [0.15, 0.2) is 0 Å². The summed E-state index contributed by atoms with van der Waals surface area (Å²) in [6.45, 7) is 1.95. The fourth-order valence-corrected chi connectivity index (χ4v) is 1.11. The van der Waals surface area contributed by atoms with Gasteiger partial charge in [-0.3, -0.25) is 0 Å². The minimum atomic E-state index is 0.169. The summed E-state index contributed by atoms with van der Waals surface area (Å²) < 4.78 is 0. The van der Waals surface area contributed by atoms with Crippen LogP contribution in [0.25, 0.3) is 0 Å². The lowest BCUT2D eigenvalue weighted by Gasteiger charge is -1.98. The summed E-state index contributed by atoms with van der Waals surface area (Å²) in [6.07, 6.45) is 0.